The van der Waals surface area contributed by atoms with Gasteiger partial charge in [0.15, 0.2) is 9.84 Å². The van der Waals surface area contributed by atoms with Crippen LogP contribution in [0.1, 0.15) is 21.5 Å². The van der Waals surface area contributed by atoms with Crippen LogP contribution in [0.25, 0.3) is 0 Å². The molecule has 4 nitrogen and oxygen atoms in total. The van der Waals surface area contributed by atoms with Gasteiger partial charge in [0.1, 0.15) is 0 Å². The summed E-state index contributed by atoms with van der Waals surface area (Å²) in [6.07, 6.45) is 0. The van der Waals surface area contributed by atoms with E-state index in [2.05, 4.69) is 0 Å². The second kappa shape index (κ2) is 5.46. The van der Waals surface area contributed by atoms with Gasteiger partial charge >= 0.3 is 5.97 Å². The highest BCUT2D eigenvalue weighted by Gasteiger charge is 2.22. The first-order chi connectivity index (χ1) is 9.42. The maximum absolute atomic E-state index is 12.4. The van der Waals surface area contributed by atoms with Crippen molar-refractivity contribution in [2.24, 2.45) is 0 Å². The Balaban J connectivity index is 2.47. The van der Waals surface area contributed by atoms with Crippen LogP contribution in [0, 0.1) is 6.92 Å². The Labute approximate surface area is 117 Å². The van der Waals surface area contributed by atoms with E-state index in [1.54, 1.807) is 12.1 Å². The van der Waals surface area contributed by atoms with Crippen molar-refractivity contribution in [1.82, 2.24) is 0 Å². The van der Waals surface area contributed by atoms with Gasteiger partial charge in [-0.25, -0.2) is 13.2 Å². The first kappa shape index (κ1) is 14.3. The number of hydrogen-bond donors (Lipinski definition) is 1. The number of hydrogen-bond acceptors (Lipinski definition) is 3. The molecule has 0 amide bonds. The summed E-state index contributed by atoms with van der Waals surface area (Å²) in [6.45, 7) is 1.83. The molecule has 0 saturated carbocycles. The van der Waals surface area contributed by atoms with E-state index in [9.17, 15) is 13.2 Å². The standard InChI is InChI=1S/C15H14O4S/c1-11-6-2-3-7-12(11)10-20(18,19)14-9-5-4-8-13(14)15(16)17/h2-9H,10H2,1H3,(H,16,17). The highest BCUT2D eigenvalue weighted by atomic mass is 32.2. The van der Waals surface area contributed by atoms with Crippen molar-refractivity contribution in [3.05, 3.63) is 65.2 Å². The van der Waals surface area contributed by atoms with E-state index in [0.717, 1.165) is 5.56 Å². The van der Waals surface area contributed by atoms with Crippen molar-refractivity contribution in [3.63, 3.8) is 0 Å². The first-order valence-electron chi connectivity index (χ1n) is 6.01. The normalized spacial score (nSPS) is 11.2. The molecule has 0 bridgehead atoms. The van der Waals surface area contributed by atoms with Crippen LogP contribution < -0.4 is 0 Å². The number of carboxylic acids is 1. The van der Waals surface area contributed by atoms with Crippen molar-refractivity contribution in [2.75, 3.05) is 0 Å². The summed E-state index contributed by atoms with van der Waals surface area (Å²) >= 11 is 0. The van der Waals surface area contributed by atoms with Gasteiger partial charge in [-0.2, -0.15) is 0 Å². The third-order valence-corrected chi connectivity index (χ3v) is 4.78. The number of rotatable bonds is 4. The molecule has 20 heavy (non-hydrogen) atoms. The van der Waals surface area contributed by atoms with Gasteiger partial charge in [-0.05, 0) is 30.2 Å². The Morgan fingerprint density at radius 2 is 1.65 bits per heavy atom. The van der Waals surface area contributed by atoms with Crippen LogP contribution in [0.5, 0.6) is 0 Å². The zero-order valence-corrected chi connectivity index (χ0v) is 11.7. The van der Waals surface area contributed by atoms with E-state index in [4.69, 9.17) is 5.11 Å². The van der Waals surface area contributed by atoms with E-state index in [1.807, 2.05) is 19.1 Å². The molecule has 0 aliphatic heterocycles. The second-order valence-electron chi connectivity index (χ2n) is 4.49. The number of carboxylic acid groups (broad SMARTS) is 1. The smallest absolute Gasteiger partial charge is 0.337 e. The van der Waals surface area contributed by atoms with E-state index in [1.165, 1.54) is 24.3 Å². The minimum Gasteiger partial charge on any atom is -0.478 e. The number of aryl methyl sites for hydroxylation is 1. The van der Waals surface area contributed by atoms with Crippen LogP contribution in [0.2, 0.25) is 0 Å². The fourth-order valence-corrected chi connectivity index (χ4v) is 3.63. The van der Waals surface area contributed by atoms with Crippen LogP contribution in [-0.4, -0.2) is 19.5 Å². The van der Waals surface area contributed by atoms with Crippen LogP contribution >= 0.6 is 0 Å². The topological polar surface area (TPSA) is 71.4 Å². The van der Waals surface area contributed by atoms with Gasteiger partial charge in [-0.1, -0.05) is 36.4 Å². The molecule has 0 aromatic heterocycles. The molecule has 0 unspecified atom stereocenters. The monoisotopic (exact) mass is 290 g/mol. The fraction of sp³-hybridized carbons (Fsp3) is 0.133. The molecule has 0 aliphatic rings. The molecule has 0 fully saturated rings. The molecule has 1 N–H and O–H groups in total. The van der Waals surface area contributed by atoms with E-state index < -0.39 is 15.8 Å². The largest absolute Gasteiger partial charge is 0.478 e. The van der Waals surface area contributed by atoms with E-state index >= 15 is 0 Å². The summed E-state index contributed by atoms with van der Waals surface area (Å²) in [5, 5.41) is 9.09. The molecule has 0 heterocycles. The lowest BCUT2D eigenvalue weighted by Gasteiger charge is -2.09. The van der Waals surface area contributed by atoms with Crippen molar-refractivity contribution in [1.29, 1.82) is 0 Å². The van der Waals surface area contributed by atoms with Gasteiger partial charge in [0.05, 0.1) is 16.2 Å². The third-order valence-electron chi connectivity index (χ3n) is 3.06. The number of aromatic carboxylic acids is 1. The SMILES string of the molecule is Cc1ccccc1CS(=O)(=O)c1ccccc1C(=O)O. The quantitative estimate of drug-likeness (QED) is 0.939. The average molecular weight is 290 g/mol. The Bertz CT molecular complexity index is 748. The van der Waals surface area contributed by atoms with Gasteiger partial charge in [0.25, 0.3) is 0 Å². The predicted molar refractivity (Wildman–Crippen MR) is 75.5 cm³/mol. The molecule has 0 radical (unpaired) electrons. The predicted octanol–water partition coefficient (Wildman–Crippen LogP) is 2.67. The lowest BCUT2D eigenvalue weighted by Crippen LogP contribution is -2.11. The van der Waals surface area contributed by atoms with Gasteiger partial charge in [-0.15, -0.1) is 0 Å². The highest BCUT2D eigenvalue weighted by molar-refractivity contribution is 7.90. The minimum atomic E-state index is -3.69. The van der Waals surface area contributed by atoms with Crippen LogP contribution in [0.15, 0.2) is 53.4 Å². The summed E-state index contributed by atoms with van der Waals surface area (Å²) < 4.78 is 24.8. The maximum Gasteiger partial charge on any atom is 0.337 e. The number of carbonyl (C=O) groups is 1. The summed E-state index contributed by atoms with van der Waals surface area (Å²) in [5.74, 6) is -1.45. The lowest BCUT2D eigenvalue weighted by atomic mass is 10.1. The molecule has 2 aromatic carbocycles. The van der Waals surface area contributed by atoms with Crippen LogP contribution in [0.3, 0.4) is 0 Å². The molecule has 0 saturated heterocycles. The highest BCUT2D eigenvalue weighted by Crippen LogP contribution is 2.22. The van der Waals surface area contributed by atoms with Gasteiger partial charge < -0.3 is 5.11 Å². The van der Waals surface area contributed by atoms with Crippen LogP contribution in [0.4, 0.5) is 0 Å². The molecule has 0 atom stereocenters. The Morgan fingerprint density at radius 1 is 1.05 bits per heavy atom. The van der Waals surface area contributed by atoms with Gasteiger partial charge in [0, 0.05) is 0 Å². The molecule has 5 heteroatoms. The molecule has 0 aliphatic carbocycles. The van der Waals surface area contributed by atoms with Crippen molar-refractivity contribution in [3.8, 4) is 0 Å². The summed E-state index contributed by atoms with van der Waals surface area (Å²) in [7, 11) is -3.69. The Hall–Kier alpha value is -2.14. The van der Waals surface area contributed by atoms with E-state index in [0.29, 0.717) is 5.56 Å². The Kier molecular flexibility index (Phi) is 3.90. The number of benzene rings is 2. The Morgan fingerprint density at radius 3 is 2.30 bits per heavy atom. The zero-order valence-electron chi connectivity index (χ0n) is 10.9. The van der Waals surface area contributed by atoms with Crippen LogP contribution in [-0.2, 0) is 15.6 Å². The third kappa shape index (κ3) is 2.88. The second-order valence-corrected chi connectivity index (χ2v) is 6.44. The van der Waals surface area contributed by atoms with Gasteiger partial charge in [0.2, 0.25) is 0 Å². The van der Waals surface area contributed by atoms with E-state index in [-0.39, 0.29) is 16.2 Å². The maximum atomic E-state index is 12.4. The van der Waals surface area contributed by atoms with Gasteiger partial charge in [-0.3, -0.25) is 0 Å². The summed E-state index contributed by atoms with van der Waals surface area (Å²) in [6, 6.07) is 12.8. The first-order valence-corrected chi connectivity index (χ1v) is 7.66. The average Bonchev–Trinajstić information content (AvgIpc) is 2.41. The van der Waals surface area contributed by atoms with Crippen molar-refractivity contribution >= 4 is 15.8 Å². The summed E-state index contributed by atoms with van der Waals surface area (Å²) in [5.41, 5.74) is 1.35. The zero-order chi connectivity index (χ0) is 14.8. The van der Waals surface area contributed by atoms with Crippen molar-refractivity contribution < 1.29 is 18.3 Å². The van der Waals surface area contributed by atoms with Crippen molar-refractivity contribution in [2.45, 2.75) is 17.6 Å². The number of sulfone groups is 1. The molecular weight excluding hydrogens is 276 g/mol. The molecule has 2 rings (SSSR count). The minimum absolute atomic E-state index is 0.143. The molecule has 2 aromatic rings. The fourth-order valence-electron chi connectivity index (χ4n) is 1.97. The summed E-state index contributed by atoms with van der Waals surface area (Å²) in [4.78, 5) is 11.0. The molecule has 104 valence electrons. The molecular formula is C15H14O4S. The lowest BCUT2D eigenvalue weighted by molar-refractivity contribution is 0.0692. The molecule has 0 spiro atoms.